The van der Waals surface area contributed by atoms with Crippen molar-refractivity contribution < 1.29 is 8.42 Å². The molecule has 27 heavy (non-hydrogen) atoms. The zero-order valence-corrected chi connectivity index (χ0v) is 17.9. The zero-order chi connectivity index (χ0) is 20.0. The summed E-state index contributed by atoms with van der Waals surface area (Å²) >= 11 is 0. The van der Waals surface area contributed by atoms with E-state index in [1.54, 1.807) is 8.61 Å². The van der Waals surface area contributed by atoms with Crippen molar-refractivity contribution in [2.75, 3.05) is 6.54 Å². The van der Waals surface area contributed by atoms with Gasteiger partial charge in [-0.1, -0.05) is 54.6 Å². The van der Waals surface area contributed by atoms with Gasteiger partial charge in [0.15, 0.2) is 0 Å². The first-order chi connectivity index (χ1) is 12.4. The lowest BCUT2D eigenvalue weighted by molar-refractivity contribution is 0.205. The van der Waals surface area contributed by atoms with Crippen LogP contribution in [-0.2, 0) is 10.2 Å². The standard InChI is InChI=1S/C22H30N2O2S/c1-21(2,3)23-16-20(24(22(4,5)6)27(23,25)26)19-14-12-18(13-15-19)17-10-8-7-9-11-17/h7-15,20H,16H2,1-6H3. The fourth-order valence-corrected chi connectivity index (χ4v) is 6.23. The summed E-state index contributed by atoms with van der Waals surface area (Å²) in [4.78, 5) is 0. The van der Waals surface area contributed by atoms with Crippen LogP contribution in [0.3, 0.4) is 0 Å². The maximum atomic E-state index is 13.3. The summed E-state index contributed by atoms with van der Waals surface area (Å²) in [5.74, 6) is 0. The summed E-state index contributed by atoms with van der Waals surface area (Å²) in [5.41, 5.74) is 2.37. The minimum absolute atomic E-state index is 0.195. The number of hydrogen-bond acceptors (Lipinski definition) is 2. The molecule has 1 heterocycles. The van der Waals surface area contributed by atoms with Crippen molar-refractivity contribution in [2.24, 2.45) is 0 Å². The maximum absolute atomic E-state index is 13.3. The Labute approximate surface area is 164 Å². The van der Waals surface area contributed by atoms with Crippen LogP contribution in [0, 0.1) is 0 Å². The first kappa shape index (κ1) is 20.1. The van der Waals surface area contributed by atoms with Crippen LogP contribution in [0.4, 0.5) is 0 Å². The van der Waals surface area contributed by atoms with Crippen LogP contribution < -0.4 is 0 Å². The molecule has 2 aromatic carbocycles. The number of benzene rings is 2. The van der Waals surface area contributed by atoms with Crippen LogP contribution in [0.2, 0.25) is 0 Å². The van der Waals surface area contributed by atoms with Crippen LogP contribution in [0.15, 0.2) is 54.6 Å². The third-order valence-electron chi connectivity index (χ3n) is 4.96. The van der Waals surface area contributed by atoms with Crippen molar-refractivity contribution in [1.82, 2.24) is 8.61 Å². The van der Waals surface area contributed by atoms with E-state index in [9.17, 15) is 8.42 Å². The van der Waals surface area contributed by atoms with Gasteiger partial charge in [-0.2, -0.15) is 17.0 Å². The molecule has 0 amide bonds. The van der Waals surface area contributed by atoms with Crippen molar-refractivity contribution >= 4 is 10.2 Å². The summed E-state index contributed by atoms with van der Waals surface area (Å²) < 4.78 is 29.9. The molecule has 0 aliphatic carbocycles. The lowest BCUT2D eigenvalue weighted by Crippen LogP contribution is -2.49. The van der Waals surface area contributed by atoms with Crippen molar-refractivity contribution in [3.05, 3.63) is 60.2 Å². The summed E-state index contributed by atoms with van der Waals surface area (Å²) in [6.07, 6.45) is 0. The molecule has 1 fully saturated rings. The molecule has 0 aromatic heterocycles. The van der Waals surface area contributed by atoms with Gasteiger partial charge in [-0.15, -0.1) is 0 Å². The number of nitrogens with zero attached hydrogens (tertiary/aromatic N) is 2. The average Bonchev–Trinajstić information content (AvgIpc) is 2.87. The molecule has 1 saturated heterocycles. The van der Waals surface area contributed by atoms with Crippen molar-refractivity contribution in [3.8, 4) is 11.1 Å². The first-order valence-corrected chi connectivity index (χ1v) is 10.8. The lowest BCUT2D eigenvalue weighted by atomic mass is 9.97. The molecule has 0 saturated carbocycles. The third-order valence-corrected chi connectivity index (χ3v) is 7.51. The van der Waals surface area contributed by atoms with Gasteiger partial charge >= 0.3 is 0 Å². The summed E-state index contributed by atoms with van der Waals surface area (Å²) in [6.45, 7) is 12.2. The molecule has 0 N–H and O–H groups in total. The monoisotopic (exact) mass is 386 g/mol. The zero-order valence-electron chi connectivity index (χ0n) is 17.1. The summed E-state index contributed by atoms with van der Waals surface area (Å²) in [6, 6.07) is 18.3. The van der Waals surface area contributed by atoms with E-state index in [2.05, 4.69) is 36.4 Å². The Balaban J connectivity index is 2.01. The van der Waals surface area contributed by atoms with Crippen molar-refractivity contribution in [3.63, 3.8) is 0 Å². The molecule has 146 valence electrons. The Bertz CT molecular complexity index is 892. The van der Waals surface area contributed by atoms with E-state index in [0.29, 0.717) is 6.54 Å². The van der Waals surface area contributed by atoms with E-state index >= 15 is 0 Å². The number of rotatable bonds is 2. The maximum Gasteiger partial charge on any atom is 0.283 e. The van der Waals surface area contributed by atoms with Gasteiger partial charge in [0, 0.05) is 17.6 Å². The Hall–Kier alpha value is -1.69. The highest BCUT2D eigenvalue weighted by Gasteiger charge is 2.52. The van der Waals surface area contributed by atoms with Gasteiger partial charge in [-0.25, -0.2) is 0 Å². The van der Waals surface area contributed by atoms with Gasteiger partial charge in [0.1, 0.15) is 0 Å². The van der Waals surface area contributed by atoms with E-state index in [1.807, 2.05) is 59.7 Å². The second kappa shape index (κ2) is 6.73. The molecule has 1 atom stereocenters. The molecular weight excluding hydrogens is 356 g/mol. The van der Waals surface area contributed by atoms with Gasteiger partial charge in [-0.3, -0.25) is 0 Å². The van der Waals surface area contributed by atoms with Gasteiger partial charge in [0.25, 0.3) is 10.2 Å². The van der Waals surface area contributed by atoms with Gasteiger partial charge in [0.2, 0.25) is 0 Å². The average molecular weight is 387 g/mol. The largest absolute Gasteiger partial charge is 0.283 e. The van der Waals surface area contributed by atoms with Crippen LogP contribution in [0.1, 0.15) is 53.1 Å². The Morgan fingerprint density at radius 2 is 1.30 bits per heavy atom. The van der Waals surface area contributed by atoms with Crippen molar-refractivity contribution in [2.45, 2.75) is 58.7 Å². The molecule has 5 heteroatoms. The molecule has 1 aliphatic heterocycles. The predicted molar refractivity (Wildman–Crippen MR) is 112 cm³/mol. The molecule has 0 spiro atoms. The van der Waals surface area contributed by atoms with E-state index in [-0.39, 0.29) is 6.04 Å². The minimum Gasteiger partial charge on any atom is -0.195 e. The lowest BCUT2D eigenvalue weighted by Gasteiger charge is -2.36. The molecule has 3 rings (SSSR count). The Morgan fingerprint density at radius 1 is 0.778 bits per heavy atom. The molecule has 1 aliphatic rings. The third kappa shape index (κ3) is 3.82. The van der Waals surface area contributed by atoms with Gasteiger partial charge in [-0.05, 0) is 58.2 Å². The molecule has 0 bridgehead atoms. The number of hydrogen-bond donors (Lipinski definition) is 0. The van der Waals surface area contributed by atoms with Crippen LogP contribution in [0.25, 0.3) is 11.1 Å². The minimum atomic E-state index is -3.54. The summed E-state index contributed by atoms with van der Waals surface area (Å²) in [7, 11) is -3.54. The highest BCUT2D eigenvalue weighted by molar-refractivity contribution is 7.87. The highest BCUT2D eigenvalue weighted by atomic mass is 32.2. The second-order valence-corrected chi connectivity index (χ2v) is 10.9. The molecule has 2 aromatic rings. The molecule has 4 nitrogen and oxygen atoms in total. The quantitative estimate of drug-likeness (QED) is 0.740. The SMILES string of the molecule is CC(C)(C)N1CC(c2ccc(-c3ccccc3)cc2)N(C(C)(C)C)S1(=O)=O. The van der Waals surface area contributed by atoms with E-state index in [0.717, 1.165) is 16.7 Å². The predicted octanol–water partition coefficient (Wildman–Crippen LogP) is 4.85. The van der Waals surface area contributed by atoms with Crippen LogP contribution in [-0.4, -0.2) is 34.7 Å². The highest BCUT2D eigenvalue weighted by Crippen LogP contribution is 2.42. The smallest absolute Gasteiger partial charge is 0.195 e. The molecular formula is C22H30N2O2S. The summed E-state index contributed by atoms with van der Waals surface area (Å²) in [5, 5.41) is 0. The van der Waals surface area contributed by atoms with E-state index < -0.39 is 21.3 Å². The fraction of sp³-hybridized carbons (Fsp3) is 0.455. The first-order valence-electron chi connectivity index (χ1n) is 9.40. The fourth-order valence-electron chi connectivity index (χ4n) is 3.80. The van der Waals surface area contributed by atoms with Gasteiger partial charge < -0.3 is 0 Å². The normalized spacial score (nSPS) is 21.5. The topological polar surface area (TPSA) is 40.6 Å². The van der Waals surface area contributed by atoms with Gasteiger partial charge in [0.05, 0.1) is 6.04 Å². The second-order valence-electron chi connectivity index (χ2n) is 9.18. The Kier molecular flexibility index (Phi) is 5.00. The van der Waals surface area contributed by atoms with Crippen LogP contribution >= 0.6 is 0 Å². The van der Waals surface area contributed by atoms with E-state index in [4.69, 9.17) is 0 Å². The molecule has 1 unspecified atom stereocenters. The Morgan fingerprint density at radius 3 is 1.78 bits per heavy atom. The van der Waals surface area contributed by atoms with Crippen molar-refractivity contribution in [1.29, 1.82) is 0 Å². The van der Waals surface area contributed by atoms with Crippen LogP contribution in [0.5, 0.6) is 0 Å². The van der Waals surface area contributed by atoms with E-state index in [1.165, 1.54) is 0 Å². The molecule has 0 radical (unpaired) electrons.